The van der Waals surface area contributed by atoms with E-state index in [1.807, 2.05) is 6.07 Å². The molecule has 1 aromatic rings. The van der Waals surface area contributed by atoms with Gasteiger partial charge in [0.05, 0.1) is 7.11 Å². The second-order valence-corrected chi connectivity index (χ2v) is 6.67. The first-order valence-corrected chi connectivity index (χ1v) is 7.45. The van der Waals surface area contributed by atoms with Crippen molar-refractivity contribution in [3.05, 3.63) is 18.1 Å². The van der Waals surface area contributed by atoms with Crippen LogP contribution in [0.2, 0.25) is 0 Å². The van der Waals surface area contributed by atoms with E-state index >= 15 is 0 Å². The van der Waals surface area contributed by atoms with Crippen molar-refractivity contribution in [3.8, 4) is 5.88 Å². The minimum Gasteiger partial charge on any atom is -0.481 e. The van der Waals surface area contributed by atoms with Crippen LogP contribution in [0.25, 0.3) is 0 Å². The van der Waals surface area contributed by atoms with Gasteiger partial charge >= 0.3 is 0 Å². The minimum absolute atomic E-state index is 0.134. The lowest BCUT2D eigenvalue weighted by atomic mass is 9.67. The van der Waals surface area contributed by atoms with E-state index in [4.69, 9.17) is 16.3 Å². The Balaban J connectivity index is 2.05. The quantitative estimate of drug-likeness (QED) is 0.787. The van der Waals surface area contributed by atoms with Crippen LogP contribution < -0.4 is 4.74 Å². The molecule has 0 saturated heterocycles. The molecule has 0 spiro atoms. The van der Waals surface area contributed by atoms with E-state index in [9.17, 15) is 0 Å². The number of halogens is 1. The fourth-order valence-electron chi connectivity index (χ4n) is 3.13. The second kappa shape index (κ2) is 6.08. The molecule has 1 aromatic heterocycles. The molecule has 2 unspecified atom stereocenters. The first-order chi connectivity index (χ1) is 9.03. The highest BCUT2D eigenvalue weighted by atomic mass is 35.5. The number of alkyl halides is 1. The van der Waals surface area contributed by atoms with Crippen LogP contribution in [-0.2, 0) is 6.42 Å². The van der Waals surface area contributed by atoms with Crippen molar-refractivity contribution >= 4 is 11.6 Å². The molecule has 1 heterocycles. The maximum atomic E-state index is 6.67. The van der Waals surface area contributed by atoms with Crippen LogP contribution >= 0.6 is 11.6 Å². The van der Waals surface area contributed by atoms with Gasteiger partial charge in [-0.15, -0.1) is 11.6 Å². The molecule has 2 rings (SSSR count). The number of rotatable bonds is 4. The number of methoxy groups -OCH3 is 1. The maximum absolute atomic E-state index is 6.67. The largest absolute Gasteiger partial charge is 0.481 e. The van der Waals surface area contributed by atoms with Gasteiger partial charge < -0.3 is 4.74 Å². The summed E-state index contributed by atoms with van der Waals surface area (Å²) in [4.78, 5) is 8.32. The molecule has 0 bridgehead atoms. The summed E-state index contributed by atoms with van der Waals surface area (Å²) in [6.07, 6.45) is 7.45. The van der Waals surface area contributed by atoms with Gasteiger partial charge in [-0.05, 0) is 24.2 Å². The van der Waals surface area contributed by atoms with E-state index < -0.39 is 0 Å². The van der Waals surface area contributed by atoms with Gasteiger partial charge in [0, 0.05) is 23.6 Å². The molecule has 1 saturated carbocycles. The van der Waals surface area contributed by atoms with Crippen molar-refractivity contribution in [3.63, 3.8) is 0 Å². The van der Waals surface area contributed by atoms with E-state index in [-0.39, 0.29) is 5.38 Å². The van der Waals surface area contributed by atoms with Crippen molar-refractivity contribution in [1.82, 2.24) is 9.97 Å². The topological polar surface area (TPSA) is 35.0 Å². The monoisotopic (exact) mass is 282 g/mol. The third kappa shape index (κ3) is 3.59. The van der Waals surface area contributed by atoms with Crippen LogP contribution in [0.4, 0.5) is 0 Å². The van der Waals surface area contributed by atoms with Gasteiger partial charge in [-0.25, -0.2) is 9.97 Å². The van der Waals surface area contributed by atoms with E-state index in [1.165, 1.54) is 25.7 Å². The minimum atomic E-state index is 0.134. The zero-order valence-electron chi connectivity index (χ0n) is 12.0. The summed E-state index contributed by atoms with van der Waals surface area (Å²) in [5, 5.41) is 0.134. The van der Waals surface area contributed by atoms with Crippen LogP contribution in [0.3, 0.4) is 0 Å². The summed E-state index contributed by atoms with van der Waals surface area (Å²) in [6.45, 7) is 4.68. The number of aromatic nitrogens is 2. The molecule has 1 aliphatic rings. The molecule has 0 radical (unpaired) electrons. The lowest BCUT2D eigenvalue weighted by molar-refractivity contribution is 0.132. The van der Waals surface area contributed by atoms with E-state index in [0.29, 0.717) is 17.2 Å². The van der Waals surface area contributed by atoms with E-state index in [1.54, 1.807) is 13.4 Å². The molecule has 1 aliphatic carbocycles. The Morgan fingerprint density at radius 2 is 2.21 bits per heavy atom. The molecule has 0 aromatic carbocycles. The fourth-order valence-corrected chi connectivity index (χ4v) is 3.76. The lowest BCUT2D eigenvalue weighted by Crippen LogP contribution is -2.35. The molecule has 106 valence electrons. The van der Waals surface area contributed by atoms with Gasteiger partial charge in [-0.3, -0.25) is 0 Å². The van der Waals surface area contributed by atoms with Crippen molar-refractivity contribution < 1.29 is 4.74 Å². The van der Waals surface area contributed by atoms with Gasteiger partial charge in [0.25, 0.3) is 0 Å². The highest BCUT2D eigenvalue weighted by Gasteiger charge is 2.36. The SMILES string of the molecule is COc1cc(CC(Cl)C2CCCCC2(C)C)ncn1. The summed E-state index contributed by atoms with van der Waals surface area (Å²) in [7, 11) is 1.62. The summed E-state index contributed by atoms with van der Waals surface area (Å²) in [5.74, 6) is 1.17. The summed E-state index contributed by atoms with van der Waals surface area (Å²) < 4.78 is 5.13. The van der Waals surface area contributed by atoms with Crippen LogP contribution in [0.1, 0.15) is 45.2 Å². The Hall–Kier alpha value is -0.830. The molecule has 3 nitrogen and oxygen atoms in total. The fraction of sp³-hybridized carbons (Fsp3) is 0.733. The highest BCUT2D eigenvalue weighted by molar-refractivity contribution is 6.21. The molecule has 0 amide bonds. The standard InChI is InChI=1S/C15H23ClN2O/c1-15(2)7-5-4-6-12(15)13(16)8-11-9-14(19-3)18-10-17-11/h9-10,12-13H,4-8H2,1-3H3. The number of ether oxygens (including phenoxy) is 1. The Morgan fingerprint density at radius 1 is 1.42 bits per heavy atom. The smallest absolute Gasteiger partial charge is 0.216 e. The first-order valence-electron chi connectivity index (χ1n) is 7.02. The Kier molecular flexibility index (Phi) is 4.67. The van der Waals surface area contributed by atoms with E-state index in [2.05, 4.69) is 23.8 Å². The van der Waals surface area contributed by atoms with Crippen LogP contribution in [0.5, 0.6) is 5.88 Å². The number of hydrogen-bond donors (Lipinski definition) is 0. The Labute approximate surface area is 120 Å². The van der Waals surface area contributed by atoms with Gasteiger partial charge in [0.2, 0.25) is 5.88 Å². The molecule has 0 N–H and O–H groups in total. The third-order valence-corrected chi connectivity index (χ3v) is 4.80. The summed E-state index contributed by atoms with van der Waals surface area (Å²) in [6, 6.07) is 1.88. The van der Waals surface area contributed by atoms with Crippen LogP contribution in [0, 0.1) is 11.3 Å². The summed E-state index contributed by atoms with van der Waals surface area (Å²) in [5.41, 5.74) is 1.30. The normalized spacial score (nSPS) is 23.9. The van der Waals surface area contributed by atoms with Crippen molar-refractivity contribution in [2.45, 2.75) is 51.3 Å². The van der Waals surface area contributed by atoms with Crippen molar-refractivity contribution in [2.75, 3.05) is 7.11 Å². The zero-order valence-corrected chi connectivity index (χ0v) is 12.8. The average Bonchev–Trinajstić information content (AvgIpc) is 2.38. The average molecular weight is 283 g/mol. The van der Waals surface area contributed by atoms with Gasteiger partial charge in [0.15, 0.2) is 0 Å². The maximum Gasteiger partial charge on any atom is 0.216 e. The van der Waals surface area contributed by atoms with Crippen molar-refractivity contribution in [2.24, 2.45) is 11.3 Å². The van der Waals surface area contributed by atoms with Gasteiger partial charge in [-0.2, -0.15) is 0 Å². The van der Waals surface area contributed by atoms with Crippen LogP contribution in [-0.4, -0.2) is 22.5 Å². The highest BCUT2D eigenvalue weighted by Crippen LogP contribution is 2.44. The molecule has 0 aliphatic heterocycles. The number of nitrogens with zero attached hydrogens (tertiary/aromatic N) is 2. The van der Waals surface area contributed by atoms with E-state index in [0.717, 1.165) is 12.1 Å². The van der Waals surface area contributed by atoms with Gasteiger partial charge in [-0.1, -0.05) is 26.7 Å². The Morgan fingerprint density at radius 3 is 2.89 bits per heavy atom. The third-order valence-electron chi connectivity index (χ3n) is 4.34. The molecule has 2 atom stereocenters. The second-order valence-electron chi connectivity index (χ2n) is 6.11. The molecule has 1 fully saturated rings. The molecular weight excluding hydrogens is 260 g/mol. The van der Waals surface area contributed by atoms with Crippen molar-refractivity contribution in [1.29, 1.82) is 0 Å². The lowest BCUT2D eigenvalue weighted by Gasteiger charge is -2.41. The summed E-state index contributed by atoms with van der Waals surface area (Å²) >= 11 is 6.67. The molecule has 4 heteroatoms. The Bertz CT molecular complexity index is 422. The predicted octanol–water partition coefficient (Wildman–Crippen LogP) is 3.85. The predicted molar refractivity (Wildman–Crippen MR) is 77.7 cm³/mol. The zero-order chi connectivity index (χ0) is 13.9. The molecule has 19 heavy (non-hydrogen) atoms. The van der Waals surface area contributed by atoms with Crippen LogP contribution in [0.15, 0.2) is 12.4 Å². The molecular formula is C15H23ClN2O. The van der Waals surface area contributed by atoms with Gasteiger partial charge in [0.1, 0.15) is 6.33 Å². The first kappa shape index (κ1) is 14.6. The number of hydrogen-bond acceptors (Lipinski definition) is 3.